The topological polar surface area (TPSA) is 97.0 Å². The zero-order valence-corrected chi connectivity index (χ0v) is 19.4. The SMILES string of the molecule is COc1cc(NC(=O)Nc2ccc3c(c2)CCN3S(=O)(=O)c2ccc(C)cc2)cc(OC)c1. The molecule has 0 radical (unpaired) electrons. The number of methoxy groups -OCH3 is 2. The number of benzene rings is 3. The summed E-state index contributed by atoms with van der Waals surface area (Å²) in [7, 11) is -0.582. The lowest BCUT2D eigenvalue weighted by Crippen LogP contribution is -2.29. The molecule has 0 atom stereocenters. The summed E-state index contributed by atoms with van der Waals surface area (Å²) in [5.41, 5.74) is 3.55. The number of anilines is 3. The van der Waals surface area contributed by atoms with Crippen LogP contribution in [0.1, 0.15) is 11.1 Å². The Hall–Kier alpha value is -3.72. The number of urea groups is 1. The van der Waals surface area contributed by atoms with E-state index in [-0.39, 0.29) is 4.90 Å². The van der Waals surface area contributed by atoms with Gasteiger partial charge in [0.25, 0.3) is 10.0 Å². The van der Waals surface area contributed by atoms with E-state index < -0.39 is 16.1 Å². The number of nitrogens with zero attached hydrogens (tertiary/aromatic N) is 1. The average molecular weight is 468 g/mol. The van der Waals surface area contributed by atoms with Crippen molar-refractivity contribution in [1.29, 1.82) is 0 Å². The van der Waals surface area contributed by atoms with E-state index in [0.717, 1.165) is 11.1 Å². The number of hydrogen-bond donors (Lipinski definition) is 2. The molecule has 172 valence electrons. The van der Waals surface area contributed by atoms with Crippen LogP contribution in [0.4, 0.5) is 21.9 Å². The third-order valence-electron chi connectivity index (χ3n) is 5.41. The minimum atomic E-state index is -3.65. The lowest BCUT2D eigenvalue weighted by Gasteiger charge is -2.20. The van der Waals surface area contributed by atoms with Crippen molar-refractivity contribution in [3.63, 3.8) is 0 Å². The Bertz CT molecular complexity index is 1270. The molecule has 0 bridgehead atoms. The van der Waals surface area contributed by atoms with Crippen molar-refractivity contribution in [2.24, 2.45) is 0 Å². The van der Waals surface area contributed by atoms with Crippen LogP contribution in [-0.4, -0.2) is 35.2 Å². The van der Waals surface area contributed by atoms with Gasteiger partial charge in [-0.05, 0) is 49.2 Å². The Morgan fingerprint density at radius 1 is 0.879 bits per heavy atom. The van der Waals surface area contributed by atoms with E-state index in [4.69, 9.17) is 9.47 Å². The number of ether oxygens (including phenoxy) is 2. The zero-order valence-electron chi connectivity index (χ0n) is 18.6. The van der Waals surface area contributed by atoms with Crippen LogP contribution in [0.5, 0.6) is 11.5 Å². The Kier molecular flexibility index (Phi) is 6.15. The first kappa shape index (κ1) is 22.5. The lowest BCUT2D eigenvalue weighted by atomic mass is 10.1. The second kappa shape index (κ2) is 9.03. The maximum atomic E-state index is 13.1. The molecule has 0 spiro atoms. The van der Waals surface area contributed by atoms with E-state index in [1.54, 1.807) is 60.7 Å². The number of carbonyl (C=O) groups excluding carboxylic acids is 1. The van der Waals surface area contributed by atoms with Gasteiger partial charge in [0.1, 0.15) is 11.5 Å². The van der Waals surface area contributed by atoms with Gasteiger partial charge in [-0.2, -0.15) is 0 Å². The monoisotopic (exact) mass is 467 g/mol. The highest BCUT2D eigenvalue weighted by molar-refractivity contribution is 7.92. The van der Waals surface area contributed by atoms with Crippen LogP contribution in [0.3, 0.4) is 0 Å². The number of aryl methyl sites for hydroxylation is 1. The van der Waals surface area contributed by atoms with Crippen molar-refractivity contribution in [2.45, 2.75) is 18.2 Å². The molecule has 2 amide bonds. The Balaban J connectivity index is 1.49. The van der Waals surface area contributed by atoms with Gasteiger partial charge in [-0.25, -0.2) is 13.2 Å². The van der Waals surface area contributed by atoms with Crippen molar-refractivity contribution >= 4 is 33.1 Å². The van der Waals surface area contributed by atoms with Gasteiger partial charge in [0.05, 0.1) is 24.8 Å². The van der Waals surface area contributed by atoms with E-state index in [0.29, 0.717) is 41.5 Å². The molecule has 1 aliphatic rings. The van der Waals surface area contributed by atoms with Crippen molar-refractivity contribution in [3.05, 3.63) is 71.8 Å². The quantitative estimate of drug-likeness (QED) is 0.560. The molecule has 1 heterocycles. The summed E-state index contributed by atoms with van der Waals surface area (Å²) in [5.74, 6) is 1.11. The van der Waals surface area contributed by atoms with Crippen molar-refractivity contribution in [3.8, 4) is 11.5 Å². The molecule has 3 aromatic carbocycles. The molecule has 0 aromatic heterocycles. The third kappa shape index (κ3) is 4.73. The number of nitrogens with one attached hydrogen (secondary N) is 2. The van der Waals surface area contributed by atoms with Gasteiger partial charge in [-0.15, -0.1) is 0 Å². The summed E-state index contributed by atoms with van der Waals surface area (Å²) in [5, 5.41) is 5.54. The highest BCUT2D eigenvalue weighted by Gasteiger charge is 2.31. The minimum Gasteiger partial charge on any atom is -0.497 e. The van der Waals surface area contributed by atoms with Gasteiger partial charge >= 0.3 is 6.03 Å². The van der Waals surface area contributed by atoms with E-state index in [2.05, 4.69) is 10.6 Å². The fourth-order valence-electron chi connectivity index (χ4n) is 3.71. The summed E-state index contributed by atoms with van der Waals surface area (Å²) in [4.78, 5) is 12.8. The molecular weight excluding hydrogens is 442 g/mol. The first-order chi connectivity index (χ1) is 15.8. The first-order valence-corrected chi connectivity index (χ1v) is 11.8. The van der Waals surface area contributed by atoms with Crippen LogP contribution in [0, 0.1) is 6.92 Å². The predicted octanol–water partition coefficient (Wildman–Crippen LogP) is 4.41. The number of sulfonamides is 1. The van der Waals surface area contributed by atoms with Crippen LogP contribution in [0.15, 0.2) is 65.6 Å². The van der Waals surface area contributed by atoms with E-state index in [1.165, 1.54) is 18.5 Å². The Labute approximate surface area is 193 Å². The molecule has 9 heteroatoms. The van der Waals surface area contributed by atoms with Crippen molar-refractivity contribution in [1.82, 2.24) is 0 Å². The molecule has 8 nitrogen and oxygen atoms in total. The van der Waals surface area contributed by atoms with Gasteiger partial charge in [0, 0.05) is 36.1 Å². The van der Waals surface area contributed by atoms with Gasteiger partial charge in [-0.1, -0.05) is 17.7 Å². The summed E-state index contributed by atoms with van der Waals surface area (Å²) < 4.78 is 38.1. The number of rotatable bonds is 6. The maximum absolute atomic E-state index is 13.1. The number of hydrogen-bond acceptors (Lipinski definition) is 5. The zero-order chi connectivity index (χ0) is 23.6. The highest BCUT2D eigenvalue weighted by Crippen LogP contribution is 2.35. The molecule has 1 aliphatic heterocycles. The molecule has 3 aromatic rings. The van der Waals surface area contributed by atoms with Crippen LogP contribution in [0.25, 0.3) is 0 Å². The van der Waals surface area contributed by atoms with Crippen molar-refractivity contribution < 1.29 is 22.7 Å². The van der Waals surface area contributed by atoms with Crippen LogP contribution >= 0.6 is 0 Å². The largest absolute Gasteiger partial charge is 0.497 e. The summed E-state index contributed by atoms with van der Waals surface area (Å²) in [6.07, 6.45) is 0.560. The van der Waals surface area contributed by atoms with Gasteiger partial charge in [-0.3, -0.25) is 4.31 Å². The maximum Gasteiger partial charge on any atom is 0.323 e. The second-order valence-corrected chi connectivity index (χ2v) is 9.53. The van der Waals surface area contributed by atoms with E-state index in [9.17, 15) is 13.2 Å². The molecule has 0 fully saturated rings. The normalized spacial score (nSPS) is 12.8. The highest BCUT2D eigenvalue weighted by atomic mass is 32.2. The fraction of sp³-hybridized carbons (Fsp3) is 0.208. The standard InChI is InChI=1S/C24H25N3O5S/c1-16-4-7-22(8-5-16)33(29,30)27-11-10-17-12-18(6-9-23(17)27)25-24(28)26-19-13-20(31-2)15-21(14-19)32-3/h4-9,12-15H,10-11H2,1-3H3,(H2,25,26,28). The van der Waals surface area contributed by atoms with Crippen molar-refractivity contribution in [2.75, 3.05) is 35.7 Å². The Morgan fingerprint density at radius 2 is 1.52 bits per heavy atom. The number of amides is 2. The minimum absolute atomic E-state index is 0.260. The second-order valence-electron chi connectivity index (χ2n) is 7.66. The predicted molar refractivity (Wildman–Crippen MR) is 128 cm³/mol. The molecule has 2 N–H and O–H groups in total. The lowest BCUT2D eigenvalue weighted by molar-refractivity contribution is 0.262. The van der Waals surface area contributed by atoms with Gasteiger partial charge in [0.15, 0.2) is 0 Å². The first-order valence-electron chi connectivity index (χ1n) is 10.3. The smallest absolute Gasteiger partial charge is 0.323 e. The van der Waals surface area contributed by atoms with Crippen LogP contribution < -0.4 is 24.4 Å². The molecule has 0 unspecified atom stereocenters. The molecule has 4 rings (SSSR count). The fourth-order valence-corrected chi connectivity index (χ4v) is 5.21. The Morgan fingerprint density at radius 3 is 2.15 bits per heavy atom. The van der Waals surface area contributed by atoms with Crippen LogP contribution in [-0.2, 0) is 16.4 Å². The molecule has 0 aliphatic carbocycles. The summed E-state index contributed by atoms with van der Waals surface area (Å²) in [6, 6.07) is 16.6. The number of fused-ring (bicyclic) bond motifs is 1. The van der Waals surface area contributed by atoms with E-state index in [1.807, 2.05) is 6.92 Å². The molecule has 0 saturated heterocycles. The van der Waals surface area contributed by atoms with Gasteiger partial charge in [0.2, 0.25) is 0 Å². The summed E-state index contributed by atoms with van der Waals surface area (Å²) in [6.45, 7) is 2.27. The van der Waals surface area contributed by atoms with Gasteiger partial charge < -0.3 is 20.1 Å². The van der Waals surface area contributed by atoms with Crippen LogP contribution in [0.2, 0.25) is 0 Å². The third-order valence-corrected chi connectivity index (χ3v) is 7.24. The average Bonchev–Trinajstić information content (AvgIpc) is 3.23. The number of carbonyl (C=O) groups is 1. The van der Waals surface area contributed by atoms with E-state index >= 15 is 0 Å². The molecule has 0 saturated carbocycles. The molecule has 33 heavy (non-hydrogen) atoms. The summed E-state index contributed by atoms with van der Waals surface area (Å²) >= 11 is 0. The molecular formula is C24H25N3O5S.